The first-order chi connectivity index (χ1) is 14.1. The summed E-state index contributed by atoms with van der Waals surface area (Å²) in [6.07, 6.45) is 3.46. The number of hydrogen-bond acceptors (Lipinski definition) is 7. The van der Waals surface area contributed by atoms with Crippen LogP contribution in [0.5, 0.6) is 5.75 Å². The van der Waals surface area contributed by atoms with Crippen molar-refractivity contribution in [1.82, 2.24) is 24.7 Å². The van der Waals surface area contributed by atoms with Crippen molar-refractivity contribution < 1.29 is 4.74 Å². The van der Waals surface area contributed by atoms with Crippen LogP contribution in [0.2, 0.25) is 5.02 Å². The summed E-state index contributed by atoms with van der Waals surface area (Å²) < 4.78 is 7.76. The Morgan fingerprint density at radius 2 is 2.07 bits per heavy atom. The Kier molecular flexibility index (Phi) is 4.93. The van der Waals surface area contributed by atoms with Gasteiger partial charge in [-0.05, 0) is 55.6 Å². The number of rotatable bonds is 5. The molecule has 0 fully saturated rings. The highest BCUT2D eigenvalue weighted by atomic mass is 35.5. The van der Waals surface area contributed by atoms with Gasteiger partial charge in [-0.2, -0.15) is 0 Å². The van der Waals surface area contributed by atoms with E-state index in [-0.39, 0.29) is 0 Å². The molecule has 0 amide bonds. The predicted molar refractivity (Wildman–Crippen MR) is 115 cm³/mol. The van der Waals surface area contributed by atoms with Gasteiger partial charge in [-0.15, -0.1) is 21.5 Å². The van der Waals surface area contributed by atoms with Gasteiger partial charge in [-0.3, -0.25) is 0 Å². The largest absolute Gasteiger partial charge is 0.484 e. The molecular weight excluding hydrogens is 426 g/mol. The summed E-state index contributed by atoms with van der Waals surface area (Å²) in [5, 5.41) is 12.2. The molecule has 1 aromatic carbocycles. The van der Waals surface area contributed by atoms with Gasteiger partial charge >= 0.3 is 0 Å². The van der Waals surface area contributed by atoms with Crippen LogP contribution in [0.25, 0.3) is 10.2 Å². The highest BCUT2D eigenvalue weighted by Crippen LogP contribution is 2.41. The number of aryl methyl sites for hydroxylation is 3. The molecule has 1 aliphatic carbocycles. The molecule has 3 aromatic heterocycles. The average Bonchev–Trinajstić information content (AvgIpc) is 3.37. The van der Waals surface area contributed by atoms with Gasteiger partial charge in [0.05, 0.1) is 5.02 Å². The minimum absolute atomic E-state index is 0.292. The lowest BCUT2D eigenvalue weighted by Crippen LogP contribution is -2.04. The first-order valence-electron chi connectivity index (χ1n) is 9.32. The van der Waals surface area contributed by atoms with Crippen LogP contribution in [-0.4, -0.2) is 24.7 Å². The number of fused-ring (bicyclic) bond motifs is 3. The smallest absolute Gasteiger partial charge is 0.197 e. The van der Waals surface area contributed by atoms with Gasteiger partial charge < -0.3 is 9.30 Å². The normalized spacial score (nSPS) is 13.2. The van der Waals surface area contributed by atoms with Crippen LogP contribution in [0.15, 0.2) is 34.4 Å². The van der Waals surface area contributed by atoms with Gasteiger partial charge in [-0.25, -0.2) is 9.97 Å². The summed E-state index contributed by atoms with van der Waals surface area (Å²) in [5.41, 5.74) is 1.41. The molecule has 3 heterocycles. The van der Waals surface area contributed by atoms with Crippen molar-refractivity contribution in [3.05, 3.63) is 51.4 Å². The molecule has 9 heteroatoms. The zero-order chi connectivity index (χ0) is 20.0. The van der Waals surface area contributed by atoms with Gasteiger partial charge in [0.15, 0.2) is 11.0 Å². The third-order valence-electron chi connectivity index (χ3n) is 4.95. The SMILES string of the molecule is Cc1nc(Sc2nnc(COc3ccccc3Cl)n2C)c2c3c(sc2n1)CCC3. The van der Waals surface area contributed by atoms with Crippen molar-refractivity contribution in [3.8, 4) is 5.75 Å². The molecule has 0 radical (unpaired) electrons. The predicted octanol–water partition coefficient (Wildman–Crippen LogP) is 5.00. The number of thiophene rings is 1. The molecule has 0 spiro atoms. The number of para-hydroxylation sites is 1. The van der Waals surface area contributed by atoms with E-state index in [0.29, 0.717) is 17.4 Å². The van der Waals surface area contributed by atoms with Gasteiger partial charge in [0.1, 0.15) is 28.0 Å². The van der Waals surface area contributed by atoms with Crippen LogP contribution in [0, 0.1) is 6.92 Å². The third kappa shape index (κ3) is 3.49. The van der Waals surface area contributed by atoms with Crippen LogP contribution in [0.4, 0.5) is 0 Å². The fourth-order valence-electron chi connectivity index (χ4n) is 3.49. The second-order valence-electron chi connectivity index (χ2n) is 6.89. The van der Waals surface area contributed by atoms with E-state index in [1.54, 1.807) is 17.4 Å². The lowest BCUT2D eigenvalue weighted by Gasteiger charge is -2.08. The maximum atomic E-state index is 6.16. The van der Waals surface area contributed by atoms with Crippen LogP contribution >= 0.6 is 34.7 Å². The van der Waals surface area contributed by atoms with E-state index in [4.69, 9.17) is 21.3 Å². The lowest BCUT2D eigenvalue weighted by molar-refractivity contribution is 0.290. The molecule has 29 heavy (non-hydrogen) atoms. The van der Waals surface area contributed by atoms with E-state index < -0.39 is 0 Å². The van der Waals surface area contributed by atoms with Crippen LogP contribution in [0.1, 0.15) is 28.5 Å². The van der Waals surface area contributed by atoms with E-state index in [9.17, 15) is 0 Å². The summed E-state index contributed by atoms with van der Waals surface area (Å²) in [5.74, 6) is 2.14. The number of nitrogens with zero attached hydrogens (tertiary/aromatic N) is 5. The highest BCUT2D eigenvalue weighted by Gasteiger charge is 2.23. The van der Waals surface area contributed by atoms with E-state index in [1.807, 2.05) is 36.7 Å². The third-order valence-corrected chi connectivity index (χ3v) is 7.47. The molecule has 4 aromatic rings. The Bertz CT molecular complexity index is 1220. The quantitative estimate of drug-likeness (QED) is 0.404. The standard InChI is InChI=1S/C20H18ClN5OS2/c1-11-22-18-17(12-6-5-9-15(12)28-18)19(23-11)29-20-25-24-16(26(20)2)10-27-14-8-4-3-7-13(14)21/h3-4,7-8H,5-6,9-10H2,1-2H3. The molecule has 0 saturated heterocycles. The lowest BCUT2D eigenvalue weighted by atomic mass is 10.2. The molecule has 1 aliphatic rings. The summed E-state index contributed by atoms with van der Waals surface area (Å²) in [4.78, 5) is 11.9. The van der Waals surface area contributed by atoms with E-state index in [1.165, 1.54) is 34.0 Å². The molecule has 0 aliphatic heterocycles. The molecule has 6 nitrogen and oxygen atoms in total. The zero-order valence-electron chi connectivity index (χ0n) is 16.0. The van der Waals surface area contributed by atoms with Gasteiger partial charge in [-0.1, -0.05) is 23.7 Å². The summed E-state index contributed by atoms with van der Waals surface area (Å²) >= 11 is 9.50. The molecule has 0 saturated carbocycles. The topological polar surface area (TPSA) is 65.7 Å². The molecule has 0 bridgehead atoms. The fourth-order valence-corrected chi connectivity index (χ4v) is 6.05. The van der Waals surface area contributed by atoms with Gasteiger partial charge in [0.25, 0.3) is 0 Å². The average molecular weight is 444 g/mol. The maximum absolute atomic E-state index is 6.16. The summed E-state index contributed by atoms with van der Waals surface area (Å²) in [7, 11) is 1.94. The van der Waals surface area contributed by atoms with Crippen molar-refractivity contribution in [1.29, 1.82) is 0 Å². The molecular formula is C20H18ClN5OS2. The molecule has 0 unspecified atom stereocenters. The minimum atomic E-state index is 0.292. The van der Waals surface area contributed by atoms with Crippen LogP contribution < -0.4 is 4.74 Å². The Morgan fingerprint density at radius 1 is 1.21 bits per heavy atom. The number of aromatic nitrogens is 5. The number of ether oxygens (including phenoxy) is 1. The van der Waals surface area contributed by atoms with E-state index >= 15 is 0 Å². The summed E-state index contributed by atoms with van der Waals surface area (Å²) in [6, 6.07) is 7.40. The van der Waals surface area contributed by atoms with Crippen LogP contribution in [0.3, 0.4) is 0 Å². The Hall–Kier alpha value is -2.16. The van der Waals surface area contributed by atoms with Crippen molar-refractivity contribution in [2.45, 2.75) is 43.0 Å². The molecule has 0 N–H and O–H groups in total. The minimum Gasteiger partial charge on any atom is -0.484 e. The number of halogens is 1. The highest BCUT2D eigenvalue weighted by molar-refractivity contribution is 7.99. The second kappa shape index (κ2) is 7.59. The Morgan fingerprint density at radius 3 is 2.93 bits per heavy atom. The monoisotopic (exact) mass is 443 g/mol. The Balaban J connectivity index is 1.43. The van der Waals surface area contributed by atoms with Crippen LogP contribution in [-0.2, 0) is 26.5 Å². The first kappa shape index (κ1) is 18.8. The molecule has 0 atom stereocenters. The zero-order valence-corrected chi connectivity index (χ0v) is 18.4. The van der Waals surface area contributed by atoms with E-state index in [0.717, 1.165) is 39.5 Å². The van der Waals surface area contributed by atoms with Crippen molar-refractivity contribution in [3.63, 3.8) is 0 Å². The Labute approximate surface area is 181 Å². The van der Waals surface area contributed by atoms with Gasteiger partial charge in [0.2, 0.25) is 0 Å². The van der Waals surface area contributed by atoms with Gasteiger partial charge in [0, 0.05) is 17.3 Å². The fraction of sp³-hybridized carbons (Fsp3) is 0.300. The first-order valence-corrected chi connectivity index (χ1v) is 11.3. The van der Waals surface area contributed by atoms with Crippen molar-refractivity contribution in [2.75, 3.05) is 0 Å². The van der Waals surface area contributed by atoms with Crippen molar-refractivity contribution in [2.24, 2.45) is 7.05 Å². The van der Waals surface area contributed by atoms with Crippen molar-refractivity contribution >= 4 is 44.9 Å². The number of hydrogen-bond donors (Lipinski definition) is 0. The second-order valence-corrected chi connectivity index (χ2v) is 9.34. The molecule has 5 rings (SSSR count). The summed E-state index contributed by atoms with van der Waals surface area (Å²) in [6.45, 7) is 2.23. The van der Waals surface area contributed by atoms with E-state index in [2.05, 4.69) is 15.2 Å². The maximum Gasteiger partial charge on any atom is 0.197 e. The number of benzene rings is 1. The molecule has 148 valence electrons.